The molecular formula is C18H25N3OS. The van der Waals surface area contributed by atoms with Crippen molar-refractivity contribution in [1.82, 2.24) is 14.9 Å². The number of unbranched alkanes of at least 4 members (excludes halogenated alkanes) is 1. The molecule has 0 unspecified atom stereocenters. The predicted octanol–water partition coefficient (Wildman–Crippen LogP) is 4.00. The number of hydrogen-bond donors (Lipinski definition) is 1. The number of rotatable bonds is 8. The molecule has 0 aliphatic carbocycles. The van der Waals surface area contributed by atoms with E-state index < -0.39 is 0 Å². The minimum absolute atomic E-state index is 0.0631. The summed E-state index contributed by atoms with van der Waals surface area (Å²) in [4.78, 5) is 16.2. The van der Waals surface area contributed by atoms with E-state index in [9.17, 15) is 4.79 Å². The zero-order chi connectivity index (χ0) is 16.7. The van der Waals surface area contributed by atoms with Crippen LogP contribution in [0.5, 0.6) is 0 Å². The Morgan fingerprint density at radius 2 is 2.04 bits per heavy atom. The number of nitrogens with one attached hydrogen (secondary N) is 1. The van der Waals surface area contributed by atoms with Crippen LogP contribution in [0.25, 0.3) is 5.69 Å². The van der Waals surface area contributed by atoms with Crippen LogP contribution in [0.15, 0.2) is 41.8 Å². The van der Waals surface area contributed by atoms with Gasteiger partial charge in [-0.25, -0.2) is 4.98 Å². The Morgan fingerprint density at radius 3 is 2.70 bits per heavy atom. The highest BCUT2D eigenvalue weighted by atomic mass is 32.2. The maximum Gasteiger partial charge on any atom is 0.230 e. The summed E-state index contributed by atoms with van der Waals surface area (Å²) in [6.45, 7) is 7.23. The molecule has 1 heterocycles. The number of benzene rings is 1. The van der Waals surface area contributed by atoms with Crippen LogP contribution < -0.4 is 5.32 Å². The average Bonchev–Trinajstić information content (AvgIpc) is 3.02. The van der Waals surface area contributed by atoms with Crippen LogP contribution in [0, 0.1) is 0 Å². The molecule has 0 atom stereocenters. The summed E-state index contributed by atoms with van der Waals surface area (Å²) < 4.78 is 2.02. The minimum Gasteiger partial charge on any atom is -0.355 e. The van der Waals surface area contributed by atoms with Crippen molar-refractivity contribution in [1.29, 1.82) is 0 Å². The number of aromatic nitrogens is 2. The molecule has 0 fully saturated rings. The second-order valence-corrected chi connectivity index (χ2v) is 6.76. The lowest BCUT2D eigenvalue weighted by Crippen LogP contribution is -2.26. The summed E-state index contributed by atoms with van der Waals surface area (Å²) in [6, 6.07) is 8.49. The fourth-order valence-corrected chi connectivity index (χ4v) is 3.00. The first-order valence-corrected chi connectivity index (χ1v) is 9.13. The highest BCUT2D eigenvalue weighted by Gasteiger charge is 2.09. The minimum atomic E-state index is 0.0631. The van der Waals surface area contributed by atoms with Crippen molar-refractivity contribution in [2.75, 3.05) is 12.3 Å². The molecular weight excluding hydrogens is 306 g/mol. The SMILES string of the molecule is CCCCNC(=O)CSc1nccn1-c1ccc(C(C)C)cc1. The van der Waals surface area contributed by atoms with Crippen LogP contribution in [0.2, 0.25) is 0 Å². The van der Waals surface area contributed by atoms with Crippen LogP contribution in [-0.4, -0.2) is 27.8 Å². The van der Waals surface area contributed by atoms with E-state index in [0.29, 0.717) is 11.7 Å². The Morgan fingerprint density at radius 1 is 1.30 bits per heavy atom. The molecule has 0 spiro atoms. The molecule has 124 valence electrons. The molecule has 5 heteroatoms. The van der Waals surface area contributed by atoms with E-state index in [1.807, 2.05) is 10.8 Å². The molecule has 1 N–H and O–H groups in total. The second kappa shape index (κ2) is 8.77. The van der Waals surface area contributed by atoms with E-state index in [0.717, 1.165) is 30.2 Å². The summed E-state index contributed by atoms with van der Waals surface area (Å²) in [5.74, 6) is 0.978. The monoisotopic (exact) mass is 331 g/mol. The van der Waals surface area contributed by atoms with E-state index >= 15 is 0 Å². The largest absolute Gasteiger partial charge is 0.355 e. The molecule has 0 saturated heterocycles. The highest BCUT2D eigenvalue weighted by Crippen LogP contribution is 2.22. The van der Waals surface area contributed by atoms with Gasteiger partial charge in [0.05, 0.1) is 5.75 Å². The molecule has 0 aliphatic heterocycles. The smallest absolute Gasteiger partial charge is 0.230 e. The van der Waals surface area contributed by atoms with E-state index in [1.165, 1.54) is 17.3 Å². The van der Waals surface area contributed by atoms with Gasteiger partial charge in [-0.2, -0.15) is 0 Å². The van der Waals surface area contributed by atoms with Crippen molar-refractivity contribution >= 4 is 17.7 Å². The van der Waals surface area contributed by atoms with Gasteiger partial charge in [-0.05, 0) is 30.0 Å². The average molecular weight is 331 g/mol. The Bertz CT molecular complexity index is 619. The van der Waals surface area contributed by atoms with E-state index in [4.69, 9.17) is 0 Å². The molecule has 4 nitrogen and oxygen atoms in total. The zero-order valence-corrected chi connectivity index (χ0v) is 14.9. The topological polar surface area (TPSA) is 46.9 Å². The zero-order valence-electron chi connectivity index (χ0n) is 14.1. The lowest BCUT2D eigenvalue weighted by atomic mass is 10.0. The van der Waals surface area contributed by atoms with Gasteiger partial charge in [-0.15, -0.1) is 0 Å². The van der Waals surface area contributed by atoms with Crippen LogP contribution >= 0.6 is 11.8 Å². The summed E-state index contributed by atoms with van der Waals surface area (Å²) in [7, 11) is 0. The van der Waals surface area contributed by atoms with Gasteiger partial charge in [-0.3, -0.25) is 9.36 Å². The van der Waals surface area contributed by atoms with Crippen LogP contribution in [-0.2, 0) is 4.79 Å². The van der Waals surface area contributed by atoms with Crippen LogP contribution in [0.3, 0.4) is 0 Å². The lowest BCUT2D eigenvalue weighted by Gasteiger charge is -2.10. The molecule has 0 saturated carbocycles. The maximum absolute atomic E-state index is 11.8. The van der Waals surface area contributed by atoms with Crippen LogP contribution in [0.1, 0.15) is 45.1 Å². The van der Waals surface area contributed by atoms with Gasteiger partial charge in [0.25, 0.3) is 0 Å². The molecule has 1 aromatic heterocycles. The molecule has 0 aliphatic rings. The third-order valence-electron chi connectivity index (χ3n) is 3.63. The Hall–Kier alpha value is -1.75. The third-order valence-corrected chi connectivity index (χ3v) is 4.60. The second-order valence-electron chi connectivity index (χ2n) is 5.82. The Kier molecular flexibility index (Phi) is 6.71. The molecule has 2 aromatic rings. The summed E-state index contributed by atoms with van der Waals surface area (Å²) in [5.41, 5.74) is 2.39. The van der Waals surface area contributed by atoms with Crippen molar-refractivity contribution in [3.05, 3.63) is 42.2 Å². The molecule has 0 radical (unpaired) electrons. The number of carbonyl (C=O) groups is 1. The number of carbonyl (C=O) groups excluding carboxylic acids is 1. The molecule has 1 amide bonds. The summed E-state index contributed by atoms with van der Waals surface area (Å²) in [5, 5.41) is 3.77. The number of amides is 1. The van der Waals surface area contributed by atoms with Crippen LogP contribution in [0.4, 0.5) is 0 Å². The summed E-state index contributed by atoms with van der Waals surface area (Å²) >= 11 is 1.47. The predicted molar refractivity (Wildman–Crippen MR) is 96.3 cm³/mol. The molecule has 0 bridgehead atoms. The quantitative estimate of drug-likeness (QED) is 0.587. The van der Waals surface area contributed by atoms with E-state index in [1.54, 1.807) is 6.20 Å². The molecule has 23 heavy (non-hydrogen) atoms. The fraction of sp³-hybridized carbons (Fsp3) is 0.444. The first kappa shape index (κ1) is 17.6. The highest BCUT2D eigenvalue weighted by molar-refractivity contribution is 7.99. The van der Waals surface area contributed by atoms with Crippen molar-refractivity contribution in [3.63, 3.8) is 0 Å². The van der Waals surface area contributed by atoms with Gasteiger partial charge >= 0.3 is 0 Å². The van der Waals surface area contributed by atoms with Gasteiger partial charge < -0.3 is 5.32 Å². The van der Waals surface area contributed by atoms with Gasteiger partial charge in [0, 0.05) is 24.6 Å². The number of thioether (sulfide) groups is 1. The van der Waals surface area contributed by atoms with Gasteiger partial charge in [0.1, 0.15) is 0 Å². The van der Waals surface area contributed by atoms with Gasteiger partial charge in [0.15, 0.2) is 5.16 Å². The molecule has 2 rings (SSSR count). The lowest BCUT2D eigenvalue weighted by molar-refractivity contribution is -0.118. The summed E-state index contributed by atoms with van der Waals surface area (Å²) in [6.07, 6.45) is 5.81. The first-order chi connectivity index (χ1) is 11.1. The first-order valence-electron chi connectivity index (χ1n) is 8.15. The third kappa shape index (κ3) is 5.13. The Balaban J connectivity index is 1.98. The number of imidazole rings is 1. The van der Waals surface area contributed by atoms with Crippen molar-refractivity contribution in [3.8, 4) is 5.69 Å². The molecule has 1 aromatic carbocycles. The van der Waals surface area contributed by atoms with E-state index in [2.05, 4.69) is 55.3 Å². The van der Waals surface area contributed by atoms with Crippen molar-refractivity contribution in [2.45, 2.75) is 44.7 Å². The standard InChI is InChI=1S/C18H25N3OS/c1-4-5-10-19-17(22)13-23-18-20-11-12-21(18)16-8-6-15(7-9-16)14(2)3/h6-9,11-12,14H,4-5,10,13H2,1-3H3,(H,19,22). The Labute approximate surface area is 142 Å². The van der Waals surface area contributed by atoms with Gasteiger partial charge in [-0.1, -0.05) is 51.1 Å². The fourth-order valence-electron chi connectivity index (χ4n) is 2.20. The van der Waals surface area contributed by atoms with Gasteiger partial charge in [0.2, 0.25) is 5.91 Å². The normalized spacial score (nSPS) is 11.0. The maximum atomic E-state index is 11.8. The van der Waals surface area contributed by atoms with Crippen molar-refractivity contribution in [2.24, 2.45) is 0 Å². The van der Waals surface area contributed by atoms with E-state index in [-0.39, 0.29) is 5.91 Å². The number of nitrogens with zero attached hydrogens (tertiary/aromatic N) is 2. The van der Waals surface area contributed by atoms with Crippen molar-refractivity contribution < 1.29 is 4.79 Å². The number of hydrogen-bond acceptors (Lipinski definition) is 3.